The monoisotopic (exact) mass is 691 g/mol. The van der Waals surface area contributed by atoms with E-state index >= 15 is 0 Å². The summed E-state index contributed by atoms with van der Waals surface area (Å²) in [4.78, 5) is 2.15. The number of hydrogen-bond acceptors (Lipinski definition) is 4. The van der Waals surface area contributed by atoms with E-state index in [1.54, 1.807) is 37.3 Å². The van der Waals surface area contributed by atoms with E-state index in [2.05, 4.69) is 25.9 Å². The number of piperidine rings is 1. The maximum atomic E-state index is 14.2. The van der Waals surface area contributed by atoms with Crippen LogP contribution in [0.15, 0.2) is 64.0 Å². The smallest absolute Gasteiger partial charge is 0.300 e. The second-order valence-electron chi connectivity index (χ2n) is 11.6. The molecular weight excluding hydrogens is 660 g/mol. The van der Waals surface area contributed by atoms with Crippen LogP contribution < -0.4 is 0 Å². The Morgan fingerprint density at radius 3 is 2.02 bits per heavy atom. The molecule has 0 amide bonds. The van der Waals surface area contributed by atoms with Crippen molar-refractivity contribution in [3.63, 3.8) is 0 Å². The van der Waals surface area contributed by atoms with Gasteiger partial charge in [0.05, 0.1) is 16.2 Å². The van der Waals surface area contributed by atoms with Crippen LogP contribution in [0.5, 0.6) is 0 Å². The summed E-state index contributed by atoms with van der Waals surface area (Å²) in [6.07, 6.45) is -5.90. The van der Waals surface area contributed by atoms with E-state index in [1.807, 2.05) is 0 Å². The van der Waals surface area contributed by atoms with Gasteiger partial charge in [0.15, 0.2) is 9.84 Å². The number of aromatic nitrogens is 2. The average Bonchev–Trinajstić information content (AvgIpc) is 3.31. The molecule has 0 unspecified atom stereocenters. The third kappa shape index (κ3) is 6.68. The number of hydrogen-bond donors (Lipinski definition) is 0. The molecule has 5 rings (SSSR count). The number of alkyl halides is 6. The van der Waals surface area contributed by atoms with Gasteiger partial charge in [-0.1, -0.05) is 28.1 Å². The van der Waals surface area contributed by atoms with Gasteiger partial charge < -0.3 is 4.90 Å². The van der Waals surface area contributed by atoms with Crippen molar-refractivity contribution in [2.24, 2.45) is 0 Å². The molecule has 1 aliphatic heterocycles. The number of likely N-dealkylation sites (tertiary alicyclic amines) is 1. The fourth-order valence-electron chi connectivity index (χ4n) is 6.70. The summed E-state index contributed by atoms with van der Waals surface area (Å²) in [5, 5.41) is 4.06. The molecule has 3 aromatic rings. The van der Waals surface area contributed by atoms with Gasteiger partial charge in [0, 0.05) is 22.1 Å². The molecule has 5 nitrogen and oxygen atoms in total. The molecule has 0 spiro atoms. The summed E-state index contributed by atoms with van der Waals surface area (Å²) in [7, 11) is -4.07. The molecule has 2 aromatic carbocycles. The van der Waals surface area contributed by atoms with Crippen molar-refractivity contribution in [2.75, 3.05) is 13.1 Å². The molecule has 0 bridgehead atoms. The number of rotatable bonds is 6. The zero-order chi connectivity index (χ0) is 31.2. The molecule has 43 heavy (non-hydrogen) atoms. The van der Waals surface area contributed by atoms with Crippen LogP contribution in [0.1, 0.15) is 67.0 Å². The molecule has 0 atom stereocenters. The summed E-state index contributed by atoms with van der Waals surface area (Å²) >= 11 is 3.39. The van der Waals surface area contributed by atoms with Gasteiger partial charge in [-0.15, -0.1) is 0 Å². The van der Waals surface area contributed by atoms with Crippen molar-refractivity contribution in [1.82, 2.24) is 14.7 Å². The number of benzene rings is 2. The fourth-order valence-corrected chi connectivity index (χ4v) is 9.13. The summed E-state index contributed by atoms with van der Waals surface area (Å²) in [5.41, 5.74) is 0.830. The largest absolute Gasteiger partial charge is 0.416 e. The fraction of sp³-hybridized carbons (Fsp3) is 0.500. The molecule has 1 aromatic heterocycles. The molecule has 0 N–H and O–H groups in total. The van der Waals surface area contributed by atoms with E-state index in [-0.39, 0.29) is 16.9 Å². The van der Waals surface area contributed by atoms with E-state index < -0.39 is 39.0 Å². The summed E-state index contributed by atoms with van der Waals surface area (Å²) < 4.78 is 108. The maximum absolute atomic E-state index is 14.2. The minimum atomic E-state index is -4.58. The first kappa shape index (κ1) is 32.0. The molecule has 0 radical (unpaired) electrons. The summed E-state index contributed by atoms with van der Waals surface area (Å²) in [6, 6.07) is 12.6. The predicted octanol–water partition coefficient (Wildman–Crippen LogP) is 8.03. The highest BCUT2D eigenvalue weighted by atomic mass is 79.9. The van der Waals surface area contributed by atoms with Gasteiger partial charge in [0.25, 0.3) is 0 Å². The van der Waals surface area contributed by atoms with Crippen LogP contribution in [0.2, 0.25) is 0 Å². The van der Waals surface area contributed by atoms with Gasteiger partial charge in [-0.3, -0.25) is 4.68 Å². The van der Waals surface area contributed by atoms with Gasteiger partial charge in [0.2, 0.25) is 0 Å². The van der Waals surface area contributed by atoms with Crippen LogP contribution in [0.4, 0.5) is 26.3 Å². The molecular formula is C30H32BrF6N3O2S. The minimum absolute atomic E-state index is 0.0507. The first-order chi connectivity index (χ1) is 20.1. The average molecular weight is 693 g/mol. The predicted molar refractivity (Wildman–Crippen MR) is 153 cm³/mol. The Morgan fingerprint density at radius 2 is 1.49 bits per heavy atom. The minimum Gasteiger partial charge on any atom is -0.300 e. The van der Waals surface area contributed by atoms with Crippen molar-refractivity contribution in [3.8, 4) is 0 Å². The van der Waals surface area contributed by atoms with E-state index in [1.165, 1.54) is 0 Å². The first-order valence-corrected chi connectivity index (χ1v) is 16.4. The molecule has 2 heterocycles. The Bertz CT molecular complexity index is 1520. The van der Waals surface area contributed by atoms with Crippen LogP contribution in [-0.4, -0.2) is 48.4 Å². The van der Waals surface area contributed by atoms with E-state index in [0.717, 1.165) is 33.4 Å². The third-order valence-corrected chi connectivity index (χ3v) is 12.0. The van der Waals surface area contributed by atoms with E-state index in [0.29, 0.717) is 68.6 Å². The molecule has 1 aliphatic carbocycles. The van der Waals surface area contributed by atoms with Crippen LogP contribution in [-0.2, 0) is 27.3 Å². The molecule has 13 heteroatoms. The first-order valence-electron chi connectivity index (χ1n) is 14.1. The Kier molecular flexibility index (Phi) is 8.83. The molecule has 2 aliphatic rings. The Morgan fingerprint density at radius 1 is 0.907 bits per heavy atom. The number of halogens is 7. The topological polar surface area (TPSA) is 55.2 Å². The zero-order valence-corrected chi connectivity index (χ0v) is 25.8. The van der Waals surface area contributed by atoms with Crippen LogP contribution in [0.3, 0.4) is 0 Å². The maximum Gasteiger partial charge on any atom is 0.416 e. The van der Waals surface area contributed by atoms with Gasteiger partial charge in [-0.2, -0.15) is 31.4 Å². The SMILES string of the molecule is Cc1cc(C2CCN(C3CCC(c4ccc(Br)cc4)(S(=O)(=O)c4ccc(C(F)(F)F)cc4)CC3)CC2)n(CC(F)(F)F)n1. The quantitative estimate of drug-likeness (QED) is 0.246. The van der Waals surface area contributed by atoms with Gasteiger partial charge in [0.1, 0.15) is 11.3 Å². The second-order valence-corrected chi connectivity index (χ2v) is 14.7. The molecule has 234 valence electrons. The zero-order valence-electron chi connectivity index (χ0n) is 23.4. The van der Waals surface area contributed by atoms with E-state index in [9.17, 15) is 34.8 Å². The van der Waals surface area contributed by atoms with Crippen molar-refractivity contribution < 1.29 is 34.8 Å². The lowest BCUT2D eigenvalue weighted by Crippen LogP contribution is -2.48. The highest BCUT2D eigenvalue weighted by molar-refractivity contribution is 9.10. The lowest BCUT2D eigenvalue weighted by molar-refractivity contribution is -0.143. The second kappa shape index (κ2) is 11.8. The van der Waals surface area contributed by atoms with Crippen molar-refractivity contribution in [1.29, 1.82) is 0 Å². The highest BCUT2D eigenvalue weighted by Crippen LogP contribution is 2.48. The number of nitrogens with zero attached hydrogens (tertiary/aromatic N) is 3. The van der Waals surface area contributed by atoms with Gasteiger partial charge in [-0.05, 0) is 107 Å². The van der Waals surface area contributed by atoms with Gasteiger partial charge in [-0.25, -0.2) is 8.42 Å². The Balaban J connectivity index is 1.33. The van der Waals surface area contributed by atoms with Gasteiger partial charge >= 0.3 is 12.4 Å². The standard InChI is InChI=1S/C30H32BrF6N3O2S/c1-20-18-27(40(38-20)19-29(32,33)34)21-12-16-39(17-13-21)25-10-14-28(15-11-25,22-2-6-24(31)7-3-22)43(41,42)26-8-4-23(5-9-26)30(35,36)37/h2-9,18,21,25H,10-17,19H2,1H3. The van der Waals surface area contributed by atoms with Crippen molar-refractivity contribution in [2.45, 2.75) is 85.9 Å². The van der Waals surface area contributed by atoms with Crippen LogP contribution >= 0.6 is 15.9 Å². The molecule has 1 saturated carbocycles. The number of sulfone groups is 1. The van der Waals surface area contributed by atoms with Crippen LogP contribution in [0.25, 0.3) is 0 Å². The normalized spacial score (nSPS) is 23.0. The Hall–Kier alpha value is -2.38. The van der Waals surface area contributed by atoms with Crippen LogP contribution in [0, 0.1) is 6.92 Å². The van der Waals surface area contributed by atoms with Crippen molar-refractivity contribution >= 4 is 25.8 Å². The summed E-state index contributed by atoms with van der Waals surface area (Å²) in [6.45, 7) is 1.90. The molecule has 1 saturated heterocycles. The highest BCUT2D eigenvalue weighted by Gasteiger charge is 2.49. The Labute approximate surface area is 255 Å². The van der Waals surface area contributed by atoms with E-state index in [4.69, 9.17) is 0 Å². The lowest BCUT2D eigenvalue weighted by atomic mass is 9.79. The summed E-state index contributed by atoms with van der Waals surface area (Å²) in [5.74, 6) is -0.0507. The lowest BCUT2D eigenvalue weighted by Gasteiger charge is -2.45. The number of aryl methyl sites for hydroxylation is 1. The molecule has 2 fully saturated rings. The van der Waals surface area contributed by atoms with Crippen molar-refractivity contribution in [3.05, 3.63) is 81.6 Å². The third-order valence-electron chi connectivity index (χ3n) is 8.87.